The fraction of sp³-hybridized carbons (Fsp3) is 0.600. The average molecular weight is 371 g/mol. The molecule has 0 bridgehead atoms. The number of likely N-dealkylation sites (tertiary alicyclic amines) is 1. The van der Waals surface area contributed by atoms with Crippen LogP contribution in [0.15, 0.2) is 30.3 Å². The first-order valence-electron chi connectivity index (χ1n) is 9.72. The van der Waals surface area contributed by atoms with Gasteiger partial charge in [-0.05, 0) is 61.8 Å². The van der Waals surface area contributed by atoms with Crippen molar-refractivity contribution in [3.8, 4) is 0 Å². The summed E-state index contributed by atoms with van der Waals surface area (Å²) in [5, 5.41) is 12.6. The Hall–Kier alpha value is -2.28. The third kappa shape index (κ3) is 4.03. The number of carbonyl (C=O) groups is 1. The van der Waals surface area contributed by atoms with Crippen molar-refractivity contribution >= 4 is 5.91 Å². The molecule has 0 saturated carbocycles. The van der Waals surface area contributed by atoms with Crippen molar-refractivity contribution in [2.24, 2.45) is 5.92 Å². The summed E-state index contributed by atoms with van der Waals surface area (Å²) >= 11 is 0. The number of aromatic nitrogens is 4. The van der Waals surface area contributed by atoms with Gasteiger partial charge in [-0.2, -0.15) is 0 Å². The van der Waals surface area contributed by atoms with E-state index in [1.54, 1.807) is 0 Å². The maximum Gasteiger partial charge on any atom is 0.253 e. The van der Waals surface area contributed by atoms with Crippen molar-refractivity contribution in [3.63, 3.8) is 0 Å². The van der Waals surface area contributed by atoms with Gasteiger partial charge in [0, 0.05) is 25.2 Å². The molecule has 1 unspecified atom stereocenters. The second-order valence-electron chi connectivity index (χ2n) is 8.03. The molecule has 2 aromatic rings. The average Bonchev–Trinajstić information content (AvgIpc) is 3.15. The van der Waals surface area contributed by atoms with Gasteiger partial charge in [-0.25, -0.2) is 4.68 Å². The first-order chi connectivity index (χ1) is 12.9. The molecule has 0 radical (unpaired) electrons. The molecule has 1 fully saturated rings. The van der Waals surface area contributed by atoms with Crippen molar-refractivity contribution in [3.05, 3.63) is 41.7 Å². The van der Waals surface area contributed by atoms with Crippen molar-refractivity contribution in [1.82, 2.24) is 30.0 Å². The minimum Gasteiger partial charge on any atom is -0.336 e. The third-order valence-corrected chi connectivity index (χ3v) is 5.50. The molecule has 1 atom stereocenters. The Bertz CT molecular complexity index is 757. The van der Waals surface area contributed by atoms with Crippen molar-refractivity contribution in [2.75, 3.05) is 27.2 Å². The zero-order valence-electron chi connectivity index (χ0n) is 16.8. The maximum atomic E-state index is 13.0. The van der Waals surface area contributed by atoms with Gasteiger partial charge in [0.15, 0.2) is 5.82 Å². The summed E-state index contributed by atoms with van der Waals surface area (Å²) in [6, 6.07) is 9.49. The number of hydrogen-bond donors (Lipinski definition) is 0. The largest absolute Gasteiger partial charge is 0.336 e. The normalized spacial score (nSPS) is 20.4. The highest BCUT2D eigenvalue weighted by Gasteiger charge is 2.44. The first-order valence-corrected chi connectivity index (χ1v) is 9.72. The summed E-state index contributed by atoms with van der Waals surface area (Å²) in [5.41, 5.74) is 0.356. The topological polar surface area (TPSA) is 67.2 Å². The number of piperidine rings is 1. The van der Waals surface area contributed by atoms with Crippen LogP contribution in [0.5, 0.6) is 0 Å². The highest BCUT2D eigenvalue weighted by molar-refractivity contribution is 5.94. The summed E-state index contributed by atoms with van der Waals surface area (Å²) in [6.45, 7) is 6.55. The molecule has 0 spiro atoms. The minimum atomic E-state index is -0.372. The maximum absolute atomic E-state index is 13.0. The van der Waals surface area contributed by atoms with Gasteiger partial charge in [0.2, 0.25) is 0 Å². The van der Waals surface area contributed by atoms with E-state index < -0.39 is 0 Å². The van der Waals surface area contributed by atoms with Crippen molar-refractivity contribution < 1.29 is 4.79 Å². The standard InChI is InChI=1S/C20H30N6O/c1-16(2)11-14-26-19(21-22-23-26)20(24(3)4)12-8-13-25(15-20)18(27)17-9-6-5-7-10-17/h5-7,9-10,16H,8,11-15H2,1-4H3. The Kier molecular flexibility index (Phi) is 5.89. The Morgan fingerprint density at radius 2 is 2.00 bits per heavy atom. The summed E-state index contributed by atoms with van der Waals surface area (Å²) in [5.74, 6) is 1.52. The van der Waals surface area contributed by atoms with Crippen LogP contribution >= 0.6 is 0 Å². The fourth-order valence-electron chi connectivity index (χ4n) is 3.79. The van der Waals surface area contributed by atoms with Crippen LogP contribution in [-0.2, 0) is 12.1 Å². The van der Waals surface area contributed by atoms with Crippen LogP contribution in [0.1, 0.15) is 49.3 Å². The molecule has 1 aromatic heterocycles. The van der Waals surface area contributed by atoms with Gasteiger partial charge in [0.1, 0.15) is 5.54 Å². The minimum absolute atomic E-state index is 0.0720. The number of benzene rings is 1. The number of nitrogens with zero attached hydrogens (tertiary/aromatic N) is 6. The predicted molar refractivity (Wildman–Crippen MR) is 104 cm³/mol. The number of tetrazole rings is 1. The SMILES string of the molecule is CC(C)CCn1nnnc1C1(N(C)C)CCCN(C(=O)c2ccccc2)C1. The molecule has 0 aliphatic carbocycles. The van der Waals surface area contributed by atoms with Gasteiger partial charge < -0.3 is 4.90 Å². The summed E-state index contributed by atoms with van der Waals surface area (Å²) in [7, 11) is 4.11. The van der Waals surface area contributed by atoms with Crippen molar-refractivity contribution in [2.45, 2.75) is 45.2 Å². The molecule has 27 heavy (non-hydrogen) atoms. The van der Waals surface area contributed by atoms with E-state index in [9.17, 15) is 4.79 Å². The summed E-state index contributed by atoms with van der Waals surface area (Å²) in [4.78, 5) is 17.1. The van der Waals surface area contributed by atoms with E-state index in [-0.39, 0.29) is 11.4 Å². The van der Waals surface area contributed by atoms with E-state index in [4.69, 9.17) is 0 Å². The monoisotopic (exact) mass is 370 g/mol. The van der Waals surface area contributed by atoms with Gasteiger partial charge in [-0.3, -0.25) is 9.69 Å². The number of rotatable bonds is 6. The van der Waals surface area contributed by atoms with Crippen LogP contribution in [0.25, 0.3) is 0 Å². The smallest absolute Gasteiger partial charge is 0.253 e. The van der Waals surface area contributed by atoms with Crippen molar-refractivity contribution in [1.29, 1.82) is 0 Å². The number of likely N-dealkylation sites (N-methyl/N-ethyl adjacent to an activating group) is 1. The second kappa shape index (κ2) is 8.17. The highest BCUT2D eigenvalue weighted by atomic mass is 16.2. The van der Waals surface area contributed by atoms with E-state index in [2.05, 4.69) is 48.4 Å². The van der Waals surface area contributed by atoms with Crippen LogP contribution in [0.3, 0.4) is 0 Å². The van der Waals surface area contributed by atoms with Crippen LogP contribution in [0.4, 0.5) is 0 Å². The highest BCUT2D eigenvalue weighted by Crippen LogP contribution is 2.35. The molecule has 7 heteroatoms. The fourth-order valence-corrected chi connectivity index (χ4v) is 3.79. The lowest BCUT2D eigenvalue weighted by Gasteiger charge is -2.45. The Balaban J connectivity index is 1.89. The quantitative estimate of drug-likeness (QED) is 0.781. The molecule has 0 N–H and O–H groups in total. The van der Waals surface area contributed by atoms with Gasteiger partial charge in [-0.15, -0.1) is 5.10 Å². The van der Waals surface area contributed by atoms with Crippen LogP contribution in [-0.4, -0.2) is 63.1 Å². The molecule has 146 valence electrons. The second-order valence-corrected chi connectivity index (χ2v) is 8.03. The van der Waals surface area contributed by atoms with Crippen LogP contribution < -0.4 is 0 Å². The Labute approximate surface area is 161 Å². The Morgan fingerprint density at radius 1 is 1.26 bits per heavy atom. The number of amides is 1. The van der Waals surface area contributed by atoms with Gasteiger partial charge in [0.25, 0.3) is 5.91 Å². The molecule has 7 nitrogen and oxygen atoms in total. The predicted octanol–water partition coefficient (Wildman–Crippen LogP) is 2.41. The summed E-state index contributed by atoms with van der Waals surface area (Å²) in [6.07, 6.45) is 2.88. The van der Waals surface area contributed by atoms with Gasteiger partial charge in [-0.1, -0.05) is 32.0 Å². The van der Waals surface area contributed by atoms with E-state index in [0.29, 0.717) is 12.5 Å². The molecule has 1 aliphatic heterocycles. The lowest BCUT2D eigenvalue weighted by molar-refractivity contribution is 0.0257. The molecule has 2 heterocycles. The van der Waals surface area contributed by atoms with Gasteiger partial charge >= 0.3 is 0 Å². The van der Waals surface area contributed by atoms with Crippen LogP contribution in [0.2, 0.25) is 0 Å². The van der Waals surface area contributed by atoms with E-state index in [1.165, 1.54) is 0 Å². The van der Waals surface area contributed by atoms with E-state index in [1.807, 2.05) is 39.9 Å². The number of hydrogen-bond acceptors (Lipinski definition) is 5. The zero-order chi connectivity index (χ0) is 19.4. The first kappa shape index (κ1) is 19.5. The lowest BCUT2D eigenvalue weighted by atomic mass is 9.86. The molecule has 1 saturated heterocycles. The van der Waals surface area contributed by atoms with E-state index in [0.717, 1.165) is 43.7 Å². The van der Waals surface area contributed by atoms with E-state index >= 15 is 0 Å². The Morgan fingerprint density at radius 3 is 2.67 bits per heavy atom. The molecule has 1 amide bonds. The molecule has 3 rings (SSSR count). The summed E-state index contributed by atoms with van der Waals surface area (Å²) < 4.78 is 1.93. The lowest BCUT2D eigenvalue weighted by Crippen LogP contribution is -2.56. The van der Waals surface area contributed by atoms with Gasteiger partial charge in [0.05, 0.1) is 0 Å². The molecular weight excluding hydrogens is 340 g/mol. The molecule has 1 aliphatic rings. The third-order valence-electron chi connectivity index (χ3n) is 5.50. The van der Waals surface area contributed by atoms with Crippen LogP contribution in [0, 0.1) is 5.92 Å². The molecular formula is C20H30N6O. The molecule has 1 aromatic carbocycles. The number of aryl methyl sites for hydroxylation is 1. The number of carbonyl (C=O) groups excluding carboxylic acids is 1. The zero-order valence-corrected chi connectivity index (χ0v) is 16.8.